The predicted octanol–water partition coefficient (Wildman–Crippen LogP) is 4.11. The molecule has 186 valence electrons. The van der Waals surface area contributed by atoms with Crippen LogP contribution in [0.25, 0.3) is 16.8 Å². The van der Waals surface area contributed by atoms with Gasteiger partial charge in [0.15, 0.2) is 0 Å². The number of nitrogens with zero attached hydrogens (tertiary/aromatic N) is 2. The monoisotopic (exact) mass is 486 g/mol. The molecule has 3 aromatic rings. The van der Waals surface area contributed by atoms with Crippen molar-refractivity contribution in [2.24, 2.45) is 5.41 Å². The van der Waals surface area contributed by atoms with Crippen molar-refractivity contribution >= 4 is 40.4 Å². The number of amides is 4. The van der Waals surface area contributed by atoms with Crippen LogP contribution in [0.15, 0.2) is 71.4 Å². The van der Waals surface area contributed by atoms with E-state index >= 15 is 0 Å². The van der Waals surface area contributed by atoms with Gasteiger partial charge in [0, 0.05) is 37.6 Å². The highest BCUT2D eigenvalue weighted by atomic mass is 16.3. The molecule has 0 unspecified atom stereocenters. The quantitative estimate of drug-likeness (QED) is 0.531. The van der Waals surface area contributed by atoms with Gasteiger partial charge in [0.2, 0.25) is 11.8 Å². The van der Waals surface area contributed by atoms with Gasteiger partial charge >= 0.3 is 6.03 Å². The number of piperidine rings is 1. The minimum Gasteiger partial charge on any atom is -0.465 e. The standard InChI is InChI=1S/C28H30N4O4/c33-25(11-10-22-7-4-18-36-22)29-19-26(34)32-17-14-28(20-32)12-15-31(16-13-28)27(35)30-24-9-3-6-21-5-1-2-8-23(21)24/h1-11,18H,12-17,19-20H2,(H,29,33)(H,30,35)/b11-10-. The number of fused-ring (bicyclic) bond motifs is 1. The molecule has 36 heavy (non-hydrogen) atoms. The molecule has 0 bridgehead atoms. The van der Waals surface area contributed by atoms with Crippen molar-refractivity contribution in [2.45, 2.75) is 19.3 Å². The van der Waals surface area contributed by atoms with Crippen LogP contribution in [0.2, 0.25) is 0 Å². The van der Waals surface area contributed by atoms with Crippen LogP contribution in [-0.4, -0.2) is 60.4 Å². The molecule has 0 aliphatic carbocycles. The van der Waals surface area contributed by atoms with E-state index in [4.69, 9.17) is 4.42 Å². The molecule has 2 aliphatic heterocycles. The van der Waals surface area contributed by atoms with Crippen molar-refractivity contribution in [3.8, 4) is 0 Å². The molecule has 0 saturated carbocycles. The number of hydrogen-bond acceptors (Lipinski definition) is 4. The van der Waals surface area contributed by atoms with Crippen LogP contribution in [0, 0.1) is 5.41 Å². The molecule has 2 fully saturated rings. The maximum absolute atomic E-state index is 13.0. The minimum absolute atomic E-state index is 0.0308. The van der Waals surface area contributed by atoms with Gasteiger partial charge < -0.3 is 24.9 Å². The van der Waals surface area contributed by atoms with Crippen LogP contribution in [-0.2, 0) is 9.59 Å². The molecule has 1 spiro atoms. The lowest BCUT2D eigenvalue weighted by atomic mass is 9.78. The lowest BCUT2D eigenvalue weighted by molar-refractivity contribution is -0.131. The third kappa shape index (κ3) is 5.27. The number of furan rings is 1. The summed E-state index contributed by atoms with van der Waals surface area (Å²) in [5.41, 5.74) is 0.854. The Morgan fingerprint density at radius 2 is 1.67 bits per heavy atom. The zero-order valence-electron chi connectivity index (χ0n) is 20.1. The van der Waals surface area contributed by atoms with Crippen molar-refractivity contribution in [3.05, 3.63) is 72.7 Å². The van der Waals surface area contributed by atoms with Gasteiger partial charge in [0.1, 0.15) is 5.76 Å². The lowest BCUT2D eigenvalue weighted by Gasteiger charge is -2.39. The number of rotatable bonds is 5. The van der Waals surface area contributed by atoms with E-state index in [1.807, 2.05) is 52.3 Å². The van der Waals surface area contributed by atoms with E-state index in [-0.39, 0.29) is 29.8 Å². The first-order chi connectivity index (χ1) is 17.5. The molecule has 4 amide bonds. The topological polar surface area (TPSA) is 94.9 Å². The van der Waals surface area contributed by atoms with Crippen LogP contribution < -0.4 is 10.6 Å². The van der Waals surface area contributed by atoms with Crippen molar-refractivity contribution in [1.82, 2.24) is 15.1 Å². The molecule has 0 radical (unpaired) electrons. The Hall–Kier alpha value is -4.07. The fourth-order valence-electron chi connectivity index (χ4n) is 5.15. The van der Waals surface area contributed by atoms with Crippen LogP contribution in [0.4, 0.5) is 10.5 Å². The zero-order chi connectivity index (χ0) is 25.0. The second-order valence-electron chi connectivity index (χ2n) is 9.58. The first-order valence-electron chi connectivity index (χ1n) is 12.3. The largest absolute Gasteiger partial charge is 0.465 e. The van der Waals surface area contributed by atoms with E-state index in [1.54, 1.807) is 18.2 Å². The zero-order valence-corrected chi connectivity index (χ0v) is 20.1. The van der Waals surface area contributed by atoms with Gasteiger partial charge in [-0.3, -0.25) is 9.59 Å². The van der Waals surface area contributed by atoms with E-state index < -0.39 is 0 Å². The fraction of sp³-hybridized carbons (Fsp3) is 0.321. The molecule has 8 heteroatoms. The van der Waals surface area contributed by atoms with E-state index in [0.717, 1.165) is 35.7 Å². The summed E-state index contributed by atoms with van der Waals surface area (Å²) in [4.78, 5) is 41.4. The summed E-state index contributed by atoms with van der Waals surface area (Å²) >= 11 is 0. The Morgan fingerprint density at radius 1 is 0.917 bits per heavy atom. The molecule has 1 aromatic heterocycles. The van der Waals surface area contributed by atoms with Gasteiger partial charge in [-0.05, 0) is 54.3 Å². The first kappa shape index (κ1) is 23.7. The molecular weight excluding hydrogens is 456 g/mol. The number of urea groups is 1. The van der Waals surface area contributed by atoms with Crippen LogP contribution >= 0.6 is 0 Å². The highest BCUT2D eigenvalue weighted by molar-refractivity contribution is 6.01. The number of carbonyl (C=O) groups excluding carboxylic acids is 3. The van der Waals surface area contributed by atoms with E-state index in [2.05, 4.69) is 10.6 Å². The average Bonchev–Trinajstić information content (AvgIpc) is 3.57. The predicted molar refractivity (Wildman–Crippen MR) is 138 cm³/mol. The smallest absolute Gasteiger partial charge is 0.321 e. The molecule has 3 heterocycles. The second kappa shape index (κ2) is 10.3. The van der Waals surface area contributed by atoms with Gasteiger partial charge in [-0.15, -0.1) is 0 Å². The number of nitrogens with one attached hydrogen (secondary N) is 2. The summed E-state index contributed by atoms with van der Waals surface area (Å²) in [5, 5.41) is 7.84. The van der Waals surface area contributed by atoms with Crippen LogP contribution in [0.1, 0.15) is 25.0 Å². The average molecular weight is 487 g/mol. The number of carbonyl (C=O) groups is 3. The highest BCUT2D eigenvalue weighted by Gasteiger charge is 2.42. The molecule has 0 atom stereocenters. The summed E-state index contributed by atoms with van der Waals surface area (Å²) in [7, 11) is 0. The van der Waals surface area contributed by atoms with Gasteiger partial charge in [0.25, 0.3) is 0 Å². The number of anilines is 1. The molecule has 2 aliphatic rings. The van der Waals surface area contributed by atoms with Crippen molar-refractivity contribution in [1.29, 1.82) is 0 Å². The second-order valence-corrected chi connectivity index (χ2v) is 9.58. The van der Waals surface area contributed by atoms with E-state index in [0.29, 0.717) is 31.9 Å². The Kier molecular flexibility index (Phi) is 6.75. The maximum atomic E-state index is 13.0. The summed E-state index contributed by atoms with van der Waals surface area (Å²) < 4.78 is 5.15. The van der Waals surface area contributed by atoms with Gasteiger partial charge in [-0.25, -0.2) is 4.79 Å². The number of likely N-dealkylation sites (tertiary alicyclic amines) is 2. The van der Waals surface area contributed by atoms with Crippen LogP contribution in [0.3, 0.4) is 0 Å². The maximum Gasteiger partial charge on any atom is 0.321 e. The molecule has 2 aromatic carbocycles. The number of benzene rings is 2. The summed E-state index contributed by atoms with van der Waals surface area (Å²) in [6, 6.07) is 17.3. The van der Waals surface area contributed by atoms with E-state index in [9.17, 15) is 14.4 Å². The summed E-state index contributed by atoms with van der Waals surface area (Å²) in [6.45, 7) is 2.64. The highest BCUT2D eigenvalue weighted by Crippen LogP contribution is 2.40. The molecule has 5 rings (SSSR count). The SMILES string of the molecule is O=C(/C=C\c1ccco1)NCC(=O)N1CCC2(CCN(C(=O)Nc3cccc4ccccc34)CC2)C1. The van der Waals surface area contributed by atoms with Crippen LogP contribution in [0.5, 0.6) is 0 Å². The normalized spacial score (nSPS) is 17.1. The van der Waals surface area contributed by atoms with Crippen molar-refractivity contribution < 1.29 is 18.8 Å². The van der Waals surface area contributed by atoms with Crippen molar-refractivity contribution in [2.75, 3.05) is 38.0 Å². The molecular formula is C28H30N4O4. The summed E-state index contributed by atoms with van der Waals surface area (Å²) in [5.74, 6) is 0.164. The minimum atomic E-state index is -0.334. The van der Waals surface area contributed by atoms with Gasteiger partial charge in [-0.1, -0.05) is 36.4 Å². The number of hydrogen-bond donors (Lipinski definition) is 2. The Balaban J connectivity index is 1.09. The molecule has 8 nitrogen and oxygen atoms in total. The molecule has 2 saturated heterocycles. The fourth-order valence-corrected chi connectivity index (χ4v) is 5.15. The van der Waals surface area contributed by atoms with Gasteiger partial charge in [0.05, 0.1) is 18.5 Å². The first-order valence-corrected chi connectivity index (χ1v) is 12.3. The van der Waals surface area contributed by atoms with Gasteiger partial charge in [-0.2, -0.15) is 0 Å². The van der Waals surface area contributed by atoms with Crippen molar-refractivity contribution in [3.63, 3.8) is 0 Å². The summed E-state index contributed by atoms with van der Waals surface area (Å²) in [6.07, 6.45) is 7.09. The Bertz CT molecular complexity index is 1270. The van der Waals surface area contributed by atoms with E-state index in [1.165, 1.54) is 12.3 Å². The Morgan fingerprint density at radius 3 is 2.44 bits per heavy atom. The Labute approximate surface area is 209 Å². The third-order valence-electron chi connectivity index (χ3n) is 7.29. The third-order valence-corrected chi connectivity index (χ3v) is 7.29. The molecule has 2 N–H and O–H groups in total. The lowest BCUT2D eigenvalue weighted by Crippen LogP contribution is -2.46.